The van der Waals surface area contributed by atoms with Gasteiger partial charge in [-0.1, -0.05) is 0 Å². The molecule has 0 aromatic heterocycles. The van der Waals surface area contributed by atoms with Crippen molar-refractivity contribution in [3.8, 4) is 0 Å². The largest absolute Gasteiger partial charge is 0.378 e. The van der Waals surface area contributed by atoms with E-state index in [0.717, 1.165) is 5.75 Å². The fourth-order valence-electron chi connectivity index (χ4n) is 0.793. The van der Waals surface area contributed by atoms with E-state index in [0.29, 0.717) is 33.0 Å². The number of hydrogen-bond acceptors (Lipinski definition) is 4. The third kappa shape index (κ3) is 12.2. The van der Waals surface area contributed by atoms with Gasteiger partial charge in [-0.25, -0.2) is 0 Å². The summed E-state index contributed by atoms with van der Waals surface area (Å²) in [6, 6.07) is 0. The lowest BCUT2D eigenvalue weighted by Gasteiger charge is -2.19. The van der Waals surface area contributed by atoms with Crippen LogP contribution in [-0.2, 0) is 14.2 Å². The molecule has 0 saturated carbocycles. The lowest BCUT2D eigenvalue weighted by Crippen LogP contribution is -2.22. The third-order valence-electron chi connectivity index (χ3n) is 1.37. The van der Waals surface area contributed by atoms with E-state index in [1.54, 1.807) is 0 Å². The van der Waals surface area contributed by atoms with Gasteiger partial charge in [0.2, 0.25) is 0 Å². The highest BCUT2D eigenvalue weighted by molar-refractivity contribution is 7.80. The van der Waals surface area contributed by atoms with E-state index in [1.165, 1.54) is 0 Å². The predicted octanol–water partition coefficient (Wildman–Crippen LogP) is 1.76. The summed E-state index contributed by atoms with van der Waals surface area (Å²) in [5.41, 5.74) is -0.0775. The minimum absolute atomic E-state index is 0.0775. The minimum Gasteiger partial charge on any atom is -0.378 e. The molecule has 0 aliphatic heterocycles. The molecule has 3 nitrogen and oxygen atoms in total. The molecule has 0 rings (SSSR count). The highest BCUT2D eigenvalue weighted by Crippen LogP contribution is 2.05. The first-order valence-electron chi connectivity index (χ1n) is 4.96. The van der Waals surface area contributed by atoms with E-state index in [9.17, 15) is 0 Å². The molecule has 86 valence electrons. The highest BCUT2D eigenvalue weighted by Gasteiger charge is 2.08. The Morgan fingerprint density at radius 2 is 1.36 bits per heavy atom. The van der Waals surface area contributed by atoms with Crippen LogP contribution < -0.4 is 0 Å². The molecule has 0 unspecified atom stereocenters. The van der Waals surface area contributed by atoms with Crippen molar-refractivity contribution >= 4 is 12.6 Å². The van der Waals surface area contributed by atoms with Crippen LogP contribution in [0.2, 0.25) is 0 Å². The van der Waals surface area contributed by atoms with Gasteiger partial charge in [-0.3, -0.25) is 0 Å². The highest BCUT2D eigenvalue weighted by atomic mass is 32.1. The smallest absolute Gasteiger partial charge is 0.0707 e. The van der Waals surface area contributed by atoms with E-state index >= 15 is 0 Å². The van der Waals surface area contributed by atoms with E-state index in [-0.39, 0.29) is 5.60 Å². The van der Waals surface area contributed by atoms with Gasteiger partial charge in [-0.05, 0) is 20.8 Å². The number of thiol groups is 1. The summed E-state index contributed by atoms with van der Waals surface area (Å²) in [7, 11) is 0. The number of hydrogen-bond donors (Lipinski definition) is 1. The molecule has 0 saturated heterocycles. The summed E-state index contributed by atoms with van der Waals surface area (Å²) in [6.45, 7) is 9.30. The zero-order valence-electron chi connectivity index (χ0n) is 9.41. The molecule has 0 aromatic rings. The molecule has 0 atom stereocenters. The Morgan fingerprint density at radius 3 is 1.86 bits per heavy atom. The van der Waals surface area contributed by atoms with Gasteiger partial charge in [-0.2, -0.15) is 12.6 Å². The molecule has 0 radical (unpaired) electrons. The fourth-order valence-corrected chi connectivity index (χ4v) is 0.922. The first-order valence-corrected chi connectivity index (χ1v) is 5.60. The van der Waals surface area contributed by atoms with Gasteiger partial charge in [0.05, 0.1) is 38.6 Å². The lowest BCUT2D eigenvalue weighted by molar-refractivity contribution is -0.0418. The summed E-state index contributed by atoms with van der Waals surface area (Å²) in [6.07, 6.45) is 0. The van der Waals surface area contributed by atoms with Crippen LogP contribution >= 0.6 is 12.6 Å². The third-order valence-corrected chi connectivity index (χ3v) is 1.55. The molecule has 0 aliphatic carbocycles. The summed E-state index contributed by atoms with van der Waals surface area (Å²) < 4.78 is 16.0. The van der Waals surface area contributed by atoms with Crippen LogP contribution in [0.5, 0.6) is 0 Å². The predicted molar refractivity (Wildman–Crippen MR) is 61.2 cm³/mol. The van der Waals surface area contributed by atoms with Crippen molar-refractivity contribution in [3.05, 3.63) is 0 Å². The van der Waals surface area contributed by atoms with Crippen LogP contribution in [0.1, 0.15) is 20.8 Å². The molecule has 0 heterocycles. The van der Waals surface area contributed by atoms with Crippen LogP contribution in [0, 0.1) is 0 Å². The van der Waals surface area contributed by atoms with Crippen molar-refractivity contribution in [2.45, 2.75) is 26.4 Å². The van der Waals surface area contributed by atoms with Crippen molar-refractivity contribution in [1.29, 1.82) is 0 Å². The molecule has 0 N–H and O–H groups in total. The molecule has 0 amide bonds. The monoisotopic (exact) mass is 222 g/mol. The Kier molecular flexibility index (Phi) is 8.67. The molecule has 4 heteroatoms. The van der Waals surface area contributed by atoms with Crippen molar-refractivity contribution in [2.75, 3.05) is 38.8 Å². The first-order chi connectivity index (χ1) is 6.56. The van der Waals surface area contributed by atoms with Gasteiger partial charge in [0.25, 0.3) is 0 Å². The SMILES string of the molecule is CC(C)(C)OCCOCCOCCS. The Hall–Kier alpha value is 0.230. The maximum Gasteiger partial charge on any atom is 0.0707 e. The van der Waals surface area contributed by atoms with Crippen LogP contribution in [-0.4, -0.2) is 44.4 Å². The summed E-state index contributed by atoms with van der Waals surface area (Å²) in [5, 5.41) is 0. The topological polar surface area (TPSA) is 27.7 Å². The van der Waals surface area contributed by atoms with Crippen molar-refractivity contribution < 1.29 is 14.2 Å². The average Bonchev–Trinajstić information content (AvgIpc) is 2.08. The second-order valence-corrected chi connectivity index (χ2v) is 4.36. The van der Waals surface area contributed by atoms with Crippen molar-refractivity contribution in [3.63, 3.8) is 0 Å². The Labute approximate surface area is 92.5 Å². The molecular weight excluding hydrogens is 200 g/mol. The quantitative estimate of drug-likeness (QED) is 0.501. The van der Waals surface area contributed by atoms with Gasteiger partial charge in [0, 0.05) is 5.75 Å². The normalized spacial score (nSPS) is 12.0. The lowest BCUT2D eigenvalue weighted by atomic mass is 10.2. The van der Waals surface area contributed by atoms with E-state index in [1.807, 2.05) is 20.8 Å². The Morgan fingerprint density at radius 1 is 0.857 bits per heavy atom. The second-order valence-electron chi connectivity index (χ2n) is 3.91. The summed E-state index contributed by atoms with van der Waals surface area (Å²) >= 11 is 4.02. The summed E-state index contributed by atoms with van der Waals surface area (Å²) in [5.74, 6) is 0.757. The maximum absolute atomic E-state index is 5.48. The van der Waals surface area contributed by atoms with Gasteiger partial charge in [0.1, 0.15) is 0 Å². The molecule has 0 bridgehead atoms. The van der Waals surface area contributed by atoms with Crippen LogP contribution in [0.4, 0.5) is 0 Å². The average molecular weight is 222 g/mol. The molecule has 0 spiro atoms. The Bertz CT molecular complexity index is 123. The molecule has 0 fully saturated rings. The van der Waals surface area contributed by atoms with Crippen molar-refractivity contribution in [2.24, 2.45) is 0 Å². The van der Waals surface area contributed by atoms with Crippen LogP contribution in [0.25, 0.3) is 0 Å². The van der Waals surface area contributed by atoms with Gasteiger partial charge >= 0.3 is 0 Å². The van der Waals surface area contributed by atoms with E-state index in [4.69, 9.17) is 14.2 Å². The van der Waals surface area contributed by atoms with Gasteiger partial charge in [-0.15, -0.1) is 0 Å². The molecule has 14 heavy (non-hydrogen) atoms. The van der Waals surface area contributed by atoms with Crippen LogP contribution in [0.15, 0.2) is 0 Å². The van der Waals surface area contributed by atoms with Crippen molar-refractivity contribution in [1.82, 2.24) is 0 Å². The number of rotatable bonds is 8. The van der Waals surface area contributed by atoms with Crippen LogP contribution in [0.3, 0.4) is 0 Å². The molecule has 0 aliphatic rings. The first kappa shape index (κ1) is 14.2. The Balaban J connectivity index is 2.99. The second kappa shape index (κ2) is 8.53. The fraction of sp³-hybridized carbons (Fsp3) is 1.00. The zero-order chi connectivity index (χ0) is 10.9. The number of ether oxygens (including phenoxy) is 3. The van der Waals surface area contributed by atoms with E-state index < -0.39 is 0 Å². The standard InChI is InChI=1S/C10H22O3S/c1-10(2,3)13-7-6-11-4-5-12-8-9-14/h14H,4-9H2,1-3H3. The van der Waals surface area contributed by atoms with Gasteiger partial charge in [0.15, 0.2) is 0 Å². The zero-order valence-corrected chi connectivity index (χ0v) is 10.3. The summed E-state index contributed by atoms with van der Waals surface area (Å²) in [4.78, 5) is 0. The molecular formula is C10H22O3S. The van der Waals surface area contributed by atoms with E-state index in [2.05, 4.69) is 12.6 Å². The van der Waals surface area contributed by atoms with Gasteiger partial charge < -0.3 is 14.2 Å². The minimum atomic E-state index is -0.0775. The maximum atomic E-state index is 5.48. The molecule has 0 aromatic carbocycles.